The summed E-state index contributed by atoms with van der Waals surface area (Å²) >= 11 is 0. The molecular formula is C13H24N2O. The van der Waals surface area contributed by atoms with Crippen molar-refractivity contribution in [1.29, 1.82) is 0 Å². The Bertz CT molecular complexity index is 236. The number of nitrogens with zero attached hydrogens (tertiary/aromatic N) is 1. The number of likely N-dealkylation sites (tertiary alicyclic amines) is 1. The molecule has 0 bridgehead atoms. The number of amides is 1. The largest absolute Gasteiger partial charge is 0.342 e. The molecule has 0 spiro atoms. The molecular weight excluding hydrogens is 200 g/mol. The fraction of sp³-hybridized carbons (Fsp3) is 0.923. The van der Waals surface area contributed by atoms with Gasteiger partial charge in [0, 0.05) is 19.1 Å². The Kier molecular flexibility index (Phi) is 4.22. The van der Waals surface area contributed by atoms with Crippen LogP contribution in [-0.4, -0.2) is 36.5 Å². The summed E-state index contributed by atoms with van der Waals surface area (Å²) in [5.41, 5.74) is 0. The summed E-state index contributed by atoms with van der Waals surface area (Å²) < 4.78 is 0. The molecule has 16 heavy (non-hydrogen) atoms. The molecule has 1 aliphatic heterocycles. The Morgan fingerprint density at radius 2 is 2.06 bits per heavy atom. The number of nitrogens with one attached hydrogen (secondary N) is 1. The van der Waals surface area contributed by atoms with E-state index in [1.807, 2.05) is 4.90 Å². The van der Waals surface area contributed by atoms with Crippen molar-refractivity contribution in [2.75, 3.05) is 19.6 Å². The highest BCUT2D eigenvalue weighted by Crippen LogP contribution is 2.34. The summed E-state index contributed by atoms with van der Waals surface area (Å²) in [6.07, 6.45) is 7.53. The number of hydrogen-bond acceptors (Lipinski definition) is 2. The maximum Gasteiger partial charge on any atom is 0.236 e. The van der Waals surface area contributed by atoms with Crippen LogP contribution in [-0.2, 0) is 4.79 Å². The molecule has 0 aromatic rings. The van der Waals surface area contributed by atoms with Gasteiger partial charge in [0.1, 0.15) is 0 Å². The number of carbonyl (C=O) groups is 1. The van der Waals surface area contributed by atoms with Crippen molar-refractivity contribution in [3.8, 4) is 0 Å². The van der Waals surface area contributed by atoms with E-state index in [-0.39, 0.29) is 0 Å². The first kappa shape index (κ1) is 11.9. The third-order valence-electron chi connectivity index (χ3n) is 3.81. The van der Waals surface area contributed by atoms with Crippen molar-refractivity contribution >= 4 is 5.91 Å². The van der Waals surface area contributed by atoms with E-state index in [9.17, 15) is 4.79 Å². The zero-order chi connectivity index (χ0) is 11.4. The zero-order valence-electron chi connectivity index (χ0n) is 10.4. The third kappa shape index (κ3) is 3.21. The van der Waals surface area contributed by atoms with E-state index >= 15 is 0 Å². The minimum atomic E-state index is 0.307. The molecule has 92 valence electrons. The van der Waals surface area contributed by atoms with Crippen LogP contribution in [0.4, 0.5) is 0 Å². The van der Waals surface area contributed by atoms with Crippen molar-refractivity contribution < 1.29 is 4.79 Å². The normalized spacial score (nSPS) is 29.2. The monoisotopic (exact) mass is 224 g/mol. The molecule has 3 heteroatoms. The second-order valence-electron chi connectivity index (χ2n) is 5.21. The van der Waals surface area contributed by atoms with E-state index in [2.05, 4.69) is 12.2 Å². The number of hydrogen-bond donors (Lipinski definition) is 1. The Labute approximate surface area is 98.6 Å². The van der Waals surface area contributed by atoms with Gasteiger partial charge in [-0.1, -0.05) is 13.3 Å². The average molecular weight is 224 g/mol. The van der Waals surface area contributed by atoms with Gasteiger partial charge in [-0.05, 0) is 38.0 Å². The fourth-order valence-corrected chi connectivity index (χ4v) is 2.66. The molecule has 2 fully saturated rings. The van der Waals surface area contributed by atoms with Crippen LogP contribution in [0.15, 0.2) is 0 Å². The first-order chi connectivity index (χ1) is 7.81. The van der Waals surface area contributed by atoms with Crippen molar-refractivity contribution in [2.45, 2.75) is 51.5 Å². The lowest BCUT2D eigenvalue weighted by atomic mass is 10.1. The van der Waals surface area contributed by atoms with Gasteiger partial charge in [-0.3, -0.25) is 4.79 Å². The first-order valence-corrected chi connectivity index (χ1v) is 6.82. The van der Waals surface area contributed by atoms with Crippen LogP contribution in [0.3, 0.4) is 0 Å². The Balaban J connectivity index is 1.61. The van der Waals surface area contributed by atoms with Gasteiger partial charge in [0.05, 0.1) is 6.54 Å². The SMILES string of the molecule is CCCC1CC1NCC(=O)N1CCCCC1. The molecule has 3 nitrogen and oxygen atoms in total. The van der Waals surface area contributed by atoms with Gasteiger partial charge in [-0.15, -0.1) is 0 Å². The molecule has 1 heterocycles. The van der Waals surface area contributed by atoms with Crippen molar-refractivity contribution in [3.63, 3.8) is 0 Å². The summed E-state index contributed by atoms with van der Waals surface area (Å²) in [5, 5.41) is 3.40. The second-order valence-corrected chi connectivity index (χ2v) is 5.21. The summed E-state index contributed by atoms with van der Waals surface area (Å²) in [7, 11) is 0. The van der Waals surface area contributed by atoms with Crippen LogP contribution in [0.25, 0.3) is 0 Å². The maximum absolute atomic E-state index is 11.9. The molecule has 1 saturated carbocycles. The zero-order valence-corrected chi connectivity index (χ0v) is 10.4. The van der Waals surface area contributed by atoms with Crippen LogP contribution in [0.5, 0.6) is 0 Å². The van der Waals surface area contributed by atoms with Crippen LogP contribution in [0, 0.1) is 5.92 Å². The number of piperidine rings is 1. The van der Waals surface area contributed by atoms with Gasteiger partial charge in [-0.2, -0.15) is 0 Å². The number of carbonyl (C=O) groups excluding carboxylic acids is 1. The van der Waals surface area contributed by atoms with E-state index < -0.39 is 0 Å². The summed E-state index contributed by atoms with van der Waals surface area (Å²) in [4.78, 5) is 13.9. The lowest BCUT2D eigenvalue weighted by molar-refractivity contribution is -0.131. The summed E-state index contributed by atoms with van der Waals surface area (Å²) in [6, 6.07) is 0.633. The highest BCUT2D eigenvalue weighted by molar-refractivity contribution is 5.78. The van der Waals surface area contributed by atoms with Gasteiger partial charge < -0.3 is 10.2 Å². The molecule has 2 atom stereocenters. The van der Waals surface area contributed by atoms with Gasteiger partial charge in [0.15, 0.2) is 0 Å². The molecule has 2 unspecified atom stereocenters. The third-order valence-corrected chi connectivity index (χ3v) is 3.81. The van der Waals surface area contributed by atoms with Crippen molar-refractivity contribution in [2.24, 2.45) is 5.92 Å². The Morgan fingerprint density at radius 3 is 2.75 bits per heavy atom. The van der Waals surface area contributed by atoms with Gasteiger partial charge in [0.25, 0.3) is 0 Å². The minimum absolute atomic E-state index is 0.307. The van der Waals surface area contributed by atoms with Crippen LogP contribution in [0.1, 0.15) is 45.4 Å². The molecule has 2 aliphatic rings. The molecule has 1 amide bonds. The second kappa shape index (κ2) is 5.67. The lowest BCUT2D eigenvalue weighted by Gasteiger charge is -2.26. The molecule has 1 N–H and O–H groups in total. The van der Waals surface area contributed by atoms with Gasteiger partial charge in [0.2, 0.25) is 5.91 Å². The molecule has 0 aromatic carbocycles. The molecule has 1 saturated heterocycles. The molecule has 0 aromatic heterocycles. The van der Waals surface area contributed by atoms with E-state index in [4.69, 9.17) is 0 Å². The summed E-state index contributed by atoms with van der Waals surface area (Å²) in [6.45, 7) is 4.74. The molecule has 2 rings (SSSR count). The van der Waals surface area contributed by atoms with Crippen LogP contribution >= 0.6 is 0 Å². The van der Waals surface area contributed by atoms with Crippen molar-refractivity contribution in [3.05, 3.63) is 0 Å². The maximum atomic E-state index is 11.9. The first-order valence-electron chi connectivity index (χ1n) is 6.82. The minimum Gasteiger partial charge on any atom is -0.342 e. The Hall–Kier alpha value is -0.570. The topological polar surface area (TPSA) is 32.3 Å². The predicted molar refractivity (Wildman–Crippen MR) is 65.2 cm³/mol. The van der Waals surface area contributed by atoms with E-state index in [1.54, 1.807) is 0 Å². The molecule has 1 aliphatic carbocycles. The van der Waals surface area contributed by atoms with E-state index in [0.29, 0.717) is 18.5 Å². The number of rotatable bonds is 5. The lowest BCUT2D eigenvalue weighted by Crippen LogP contribution is -2.41. The van der Waals surface area contributed by atoms with Crippen LogP contribution in [0.2, 0.25) is 0 Å². The quantitative estimate of drug-likeness (QED) is 0.772. The van der Waals surface area contributed by atoms with Crippen molar-refractivity contribution in [1.82, 2.24) is 10.2 Å². The average Bonchev–Trinajstić information content (AvgIpc) is 3.06. The summed E-state index contributed by atoms with van der Waals surface area (Å²) in [5.74, 6) is 1.15. The highest BCUT2D eigenvalue weighted by Gasteiger charge is 2.35. The van der Waals surface area contributed by atoms with E-state index in [0.717, 1.165) is 19.0 Å². The van der Waals surface area contributed by atoms with Crippen LogP contribution < -0.4 is 5.32 Å². The van der Waals surface area contributed by atoms with Gasteiger partial charge >= 0.3 is 0 Å². The Morgan fingerprint density at radius 1 is 1.31 bits per heavy atom. The molecule has 0 radical (unpaired) electrons. The highest BCUT2D eigenvalue weighted by atomic mass is 16.2. The fourth-order valence-electron chi connectivity index (χ4n) is 2.66. The smallest absolute Gasteiger partial charge is 0.236 e. The predicted octanol–water partition coefficient (Wildman–Crippen LogP) is 1.78. The van der Waals surface area contributed by atoms with Gasteiger partial charge in [-0.25, -0.2) is 0 Å². The van der Waals surface area contributed by atoms with E-state index in [1.165, 1.54) is 38.5 Å². The standard InChI is InChI=1S/C13H24N2O/c1-2-6-11-9-12(11)14-10-13(16)15-7-4-3-5-8-15/h11-12,14H,2-10H2,1H3.